The fraction of sp³-hybridized carbons (Fsp3) is 0.714. The first-order valence-electron chi connectivity index (χ1n) is 6.70. The highest BCUT2D eigenvalue weighted by Gasteiger charge is 2.47. The first-order chi connectivity index (χ1) is 8.72. The number of aldehydes is 1. The maximum atomic E-state index is 11.0. The highest BCUT2D eigenvalue weighted by Crippen LogP contribution is 2.44. The number of hydrogen-bond donors (Lipinski definition) is 1. The molecule has 4 atom stereocenters. The predicted molar refractivity (Wildman–Crippen MR) is 66.2 cm³/mol. The van der Waals surface area contributed by atoms with Crippen LogP contribution in [0.4, 0.5) is 0 Å². The third-order valence-electron chi connectivity index (χ3n) is 3.98. The van der Waals surface area contributed by atoms with Crippen molar-refractivity contribution in [3.63, 3.8) is 0 Å². The number of rotatable bonds is 7. The number of ether oxygens (including phenoxy) is 1. The van der Waals surface area contributed by atoms with Crippen molar-refractivity contribution in [2.75, 3.05) is 0 Å². The number of carbonyl (C=O) groups excluding carboxylic acids is 1. The smallest absolute Gasteiger partial charge is 0.303 e. The van der Waals surface area contributed by atoms with E-state index >= 15 is 0 Å². The standard InChI is InChI=1S/C14H20O4/c15-9-11-10(12-7-8-13(11)18-12)5-3-1-2-4-6-14(16)17/h1,3,9-13H,2,4-8H2,(H,16,17)/t10-,11-,12+,13-/m0/s1. The lowest BCUT2D eigenvalue weighted by molar-refractivity contribution is -0.137. The molecular formula is C14H20O4. The van der Waals surface area contributed by atoms with Crippen LogP contribution in [0.3, 0.4) is 0 Å². The van der Waals surface area contributed by atoms with Gasteiger partial charge in [0.05, 0.1) is 12.2 Å². The van der Waals surface area contributed by atoms with E-state index < -0.39 is 5.97 Å². The minimum atomic E-state index is -0.745. The highest BCUT2D eigenvalue weighted by molar-refractivity contribution is 5.66. The van der Waals surface area contributed by atoms with Crippen LogP contribution in [0.1, 0.15) is 38.5 Å². The zero-order chi connectivity index (χ0) is 13.0. The first-order valence-corrected chi connectivity index (χ1v) is 6.70. The van der Waals surface area contributed by atoms with Crippen LogP contribution in [-0.4, -0.2) is 29.6 Å². The highest BCUT2D eigenvalue weighted by atomic mass is 16.5. The molecule has 4 nitrogen and oxygen atoms in total. The zero-order valence-corrected chi connectivity index (χ0v) is 10.5. The van der Waals surface area contributed by atoms with Crippen molar-refractivity contribution in [3.8, 4) is 0 Å². The molecule has 2 aliphatic heterocycles. The van der Waals surface area contributed by atoms with Crippen molar-refractivity contribution >= 4 is 12.3 Å². The number of aliphatic carboxylic acids is 1. The molecule has 0 amide bonds. The second-order valence-electron chi connectivity index (χ2n) is 5.16. The summed E-state index contributed by atoms with van der Waals surface area (Å²) >= 11 is 0. The number of hydrogen-bond acceptors (Lipinski definition) is 3. The van der Waals surface area contributed by atoms with E-state index in [1.807, 2.05) is 6.08 Å². The Kier molecular flexibility index (Phi) is 4.53. The summed E-state index contributed by atoms with van der Waals surface area (Å²) < 4.78 is 5.76. The Bertz CT molecular complexity index is 337. The van der Waals surface area contributed by atoms with Crippen LogP contribution < -0.4 is 0 Å². The van der Waals surface area contributed by atoms with Gasteiger partial charge in [-0.25, -0.2) is 0 Å². The number of carbonyl (C=O) groups is 2. The van der Waals surface area contributed by atoms with Crippen LogP contribution in [0.5, 0.6) is 0 Å². The number of unbranched alkanes of at least 4 members (excludes halogenated alkanes) is 1. The molecule has 0 aliphatic carbocycles. The minimum Gasteiger partial charge on any atom is -0.481 e. The molecule has 0 unspecified atom stereocenters. The largest absolute Gasteiger partial charge is 0.481 e. The lowest BCUT2D eigenvalue weighted by atomic mass is 9.78. The lowest BCUT2D eigenvalue weighted by Crippen LogP contribution is -2.27. The molecule has 2 aliphatic rings. The van der Waals surface area contributed by atoms with E-state index in [9.17, 15) is 9.59 Å². The molecule has 2 bridgehead atoms. The summed E-state index contributed by atoms with van der Waals surface area (Å²) in [7, 11) is 0. The van der Waals surface area contributed by atoms with Crippen molar-refractivity contribution in [3.05, 3.63) is 12.2 Å². The van der Waals surface area contributed by atoms with Crippen LogP contribution in [0, 0.1) is 11.8 Å². The second kappa shape index (κ2) is 6.14. The van der Waals surface area contributed by atoms with E-state index in [0.29, 0.717) is 12.3 Å². The first kappa shape index (κ1) is 13.3. The van der Waals surface area contributed by atoms with Gasteiger partial charge in [-0.3, -0.25) is 4.79 Å². The summed E-state index contributed by atoms with van der Waals surface area (Å²) in [5, 5.41) is 8.50. The fourth-order valence-electron chi connectivity index (χ4n) is 3.05. The molecule has 100 valence electrons. The third-order valence-corrected chi connectivity index (χ3v) is 3.98. The number of carboxylic acid groups (broad SMARTS) is 1. The van der Waals surface area contributed by atoms with E-state index in [0.717, 1.165) is 32.0 Å². The topological polar surface area (TPSA) is 63.6 Å². The summed E-state index contributed by atoms with van der Waals surface area (Å²) in [6, 6.07) is 0. The molecular weight excluding hydrogens is 232 g/mol. The van der Waals surface area contributed by atoms with Crippen LogP contribution >= 0.6 is 0 Å². The Morgan fingerprint density at radius 3 is 2.78 bits per heavy atom. The van der Waals surface area contributed by atoms with E-state index in [1.165, 1.54) is 0 Å². The van der Waals surface area contributed by atoms with E-state index in [2.05, 4.69) is 6.08 Å². The van der Waals surface area contributed by atoms with Gasteiger partial charge in [-0.15, -0.1) is 0 Å². The molecule has 0 aromatic rings. The molecule has 4 heteroatoms. The Morgan fingerprint density at radius 2 is 2.06 bits per heavy atom. The normalized spacial score (nSPS) is 34.2. The molecule has 18 heavy (non-hydrogen) atoms. The Hall–Kier alpha value is -1.16. The molecule has 2 saturated heterocycles. The Labute approximate surface area is 107 Å². The van der Waals surface area contributed by atoms with Gasteiger partial charge < -0.3 is 14.6 Å². The van der Waals surface area contributed by atoms with Gasteiger partial charge in [-0.05, 0) is 32.1 Å². The molecule has 0 saturated carbocycles. The monoisotopic (exact) mass is 252 g/mol. The fourth-order valence-corrected chi connectivity index (χ4v) is 3.05. The van der Waals surface area contributed by atoms with Gasteiger partial charge in [0.1, 0.15) is 6.29 Å². The van der Waals surface area contributed by atoms with Crippen molar-refractivity contribution in [1.29, 1.82) is 0 Å². The SMILES string of the molecule is O=C[C@H]1[C@H](CC=CCCCC(=O)O)[C@H]2CC[C@@H]1O2. The summed E-state index contributed by atoms with van der Waals surface area (Å²) in [5.74, 6) is -0.352. The van der Waals surface area contributed by atoms with Crippen LogP contribution in [0.2, 0.25) is 0 Å². The molecule has 1 N–H and O–H groups in total. The quantitative estimate of drug-likeness (QED) is 0.428. The van der Waals surface area contributed by atoms with Crippen molar-refractivity contribution < 1.29 is 19.4 Å². The van der Waals surface area contributed by atoms with Gasteiger partial charge in [-0.1, -0.05) is 12.2 Å². The van der Waals surface area contributed by atoms with Gasteiger partial charge in [0.25, 0.3) is 0 Å². The lowest BCUT2D eigenvalue weighted by Gasteiger charge is -2.22. The van der Waals surface area contributed by atoms with Crippen molar-refractivity contribution in [2.45, 2.75) is 50.7 Å². The van der Waals surface area contributed by atoms with E-state index in [-0.39, 0.29) is 24.5 Å². The molecule has 0 aromatic carbocycles. The summed E-state index contributed by atoms with van der Waals surface area (Å²) in [5.41, 5.74) is 0. The summed E-state index contributed by atoms with van der Waals surface area (Å²) in [6.07, 6.45) is 10.2. The van der Waals surface area contributed by atoms with Crippen molar-refractivity contribution in [1.82, 2.24) is 0 Å². The van der Waals surface area contributed by atoms with Crippen LogP contribution in [0.25, 0.3) is 0 Å². The molecule has 2 fully saturated rings. The summed E-state index contributed by atoms with van der Waals surface area (Å²) in [6.45, 7) is 0. The second-order valence-corrected chi connectivity index (χ2v) is 5.16. The van der Waals surface area contributed by atoms with Gasteiger partial charge in [0, 0.05) is 18.3 Å². The predicted octanol–water partition coefficient (Wildman–Crippen LogP) is 2.18. The maximum Gasteiger partial charge on any atom is 0.303 e. The van der Waals surface area contributed by atoms with E-state index in [1.54, 1.807) is 0 Å². The molecule has 0 spiro atoms. The van der Waals surface area contributed by atoms with Crippen LogP contribution in [0.15, 0.2) is 12.2 Å². The van der Waals surface area contributed by atoms with Gasteiger partial charge in [0.2, 0.25) is 0 Å². The van der Waals surface area contributed by atoms with Gasteiger partial charge in [0.15, 0.2) is 0 Å². The third kappa shape index (κ3) is 2.99. The zero-order valence-electron chi connectivity index (χ0n) is 10.5. The Morgan fingerprint density at radius 1 is 1.28 bits per heavy atom. The molecule has 2 rings (SSSR count). The van der Waals surface area contributed by atoms with Gasteiger partial charge in [-0.2, -0.15) is 0 Å². The number of carboxylic acids is 1. The molecule has 2 heterocycles. The van der Waals surface area contributed by atoms with Gasteiger partial charge >= 0.3 is 5.97 Å². The van der Waals surface area contributed by atoms with E-state index in [4.69, 9.17) is 9.84 Å². The average molecular weight is 252 g/mol. The average Bonchev–Trinajstić information content (AvgIpc) is 2.93. The Balaban J connectivity index is 1.71. The molecule has 0 radical (unpaired) electrons. The maximum absolute atomic E-state index is 11.0. The van der Waals surface area contributed by atoms with Crippen molar-refractivity contribution in [2.24, 2.45) is 11.8 Å². The minimum absolute atomic E-state index is 0.0624. The number of allylic oxidation sites excluding steroid dienone is 2. The molecule has 0 aromatic heterocycles. The summed E-state index contributed by atoms with van der Waals surface area (Å²) in [4.78, 5) is 21.4. The number of fused-ring (bicyclic) bond motifs is 2. The van der Waals surface area contributed by atoms with Crippen LogP contribution in [-0.2, 0) is 14.3 Å².